The molecule has 1 aliphatic rings. The van der Waals surface area contributed by atoms with Gasteiger partial charge in [-0.25, -0.2) is 8.42 Å². The minimum absolute atomic E-state index is 0.370. The number of rotatable bonds is 4. The monoisotopic (exact) mass is 412 g/mol. The Morgan fingerprint density at radius 3 is 2.64 bits per heavy atom. The van der Waals surface area contributed by atoms with E-state index >= 15 is 0 Å². The first-order valence-electron chi connectivity index (χ1n) is 8.23. The SMILES string of the molecule is CN(C1CN(c2ccc3nncn3n2)C1)S(=O)(=O)c1cccc(C(F)(F)F)c1. The summed E-state index contributed by atoms with van der Waals surface area (Å²) >= 11 is 0. The molecule has 0 unspecified atom stereocenters. The summed E-state index contributed by atoms with van der Waals surface area (Å²) in [6.07, 6.45) is -3.15. The second kappa shape index (κ2) is 6.41. The van der Waals surface area contributed by atoms with Crippen LogP contribution >= 0.6 is 0 Å². The van der Waals surface area contributed by atoms with Gasteiger partial charge in [-0.3, -0.25) is 0 Å². The van der Waals surface area contributed by atoms with Crippen LogP contribution in [0, 0.1) is 0 Å². The van der Waals surface area contributed by atoms with Crippen LogP contribution in [-0.2, 0) is 16.2 Å². The number of hydrogen-bond acceptors (Lipinski definition) is 6. The van der Waals surface area contributed by atoms with Gasteiger partial charge in [-0.2, -0.15) is 22.0 Å². The fourth-order valence-corrected chi connectivity index (χ4v) is 4.34. The summed E-state index contributed by atoms with van der Waals surface area (Å²) in [5, 5.41) is 11.9. The highest BCUT2D eigenvalue weighted by molar-refractivity contribution is 7.89. The number of sulfonamides is 1. The Morgan fingerprint density at radius 2 is 1.93 bits per heavy atom. The van der Waals surface area contributed by atoms with Gasteiger partial charge in [0.05, 0.1) is 16.5 Å². The Kier molecular flexibility index (Phi) is 4.27. The van der Waals surface area contributed by atoms with E-state index in [4.69, 9.17) is 0 Å². The minimum atomic E-state index is -4.61. The zero-order valence-electron chi connectivity index (χ0n) is 14.6. The molecule has 148 valence electrons. The molecule has 0 saturated carbocycles. The highest BCUT2D eigenvalue weighted by Gasteiger charge is 2.38. The van der Waals surface area contributed by atoms with Gasteiger partial charge in [0.2, 0.25) is 10.0 Å². The maximum atomic E-state index is 12.9. The number of nitrogens with zero attached hydrogens (tertiary/aromatic N) is 6. The van der Waals surface area contributed by atoms with E-state index in [9.17, 15) is 21.6 Å². The van der Waals surface area contributed by atoms with E-state index in [-0.39, 0.29) is 10.9 Å². The molecule has 0 radical (unpaired) electrons. The van der Waals surface area contributed by atoms with Gasteiger partial charge in [-0.15, -0.1) is 15.3 Å². The van der Waals surface area contributed by atoms with E-state index in [0.29, 0.717) is 30.6 Å². The molecule has 3 aromatic rings. The van der Waals surface area contributed by atoms with Crippen molar-refractivity contribution < 1.29 is 21.6 Å². The second-order valence-electron chi connectivity index (χ2n) is 6.43. The molecule has 8 nitrogen and oxygen atoms in total. The molecule has 4 rings (SSSR count). The molecular formula is C16H15F3N6O2S. The lowest BCUT2D eigenvalue weighted by Gasteiger charge is -2.43. The van der Waals surface area contributed by atoms with E-state index < -0.39 is 21.8 Å². The Bertz CT molecular complexity index is 1120. The fraction of sp³-hybridized carbons (Fsp3) is 0.312. The van der Waals surface area contributed by atoms with Crippen molar-refractivity contribution in [3.63, 3.8) is 0 Å². The van der Waals surface area contributed by atoms with Crippen LogP contribution < -0.4 is 4.90 Å². The summed E-state index contributed by atoms with van der Waals surface area (Å²) < 4.78 is 66.7. The number of aromatic nitrogens is 4. The average Bonchev–Trinajstić information content (AvgIpc) is 3.07. The number of hydrogen-bond donors (Lipinski definition) is 0. The molecule has 0 atom stereocenters. The molecule has 3 heterocycles. The summed E-state index contributed by atoms with van der Waals surface area (Å²) in [5.41, 5.74) is -0.409. The van der Waals surface area contributed by atoms with Crippen LogP contribution in [0.5, 0.6) is 0 Å². The van der Waals surface area contributed by atoms with Gasteiger partial charge >= 0.3 is 6.18 Å². The van der Waals surface area contributed by atoms with Gasteiger partial charge in [-0.1, -0.05) is 6.07 Å². The van der Waals surface area contributed by atoms with Crippen molar-refractivity contribution in [2.24, 2.45) is 0 Å². The normalized spacial score (nSPS) is 16.0. The number of anilines is 1. The number of likely N-dealkylation sites (N-methyl/N-ethyl adjacent to an activating group) is 1. The highest BCUT2D eigenvalue weighted by atomic mass is 32.2. The van der Waals surface area contributed by atoms with Crippen molar-refractivity contribution in [1.82, 2.24) is 24.1 Å². The first kappa shape index (κ1) is 18.6. The summed E-state index contributed by atoms with van der Waals surface area (Å²) in [7, 11) is -2.68. The highest BCUT2D eigenvalue weighted by Crippen LogP contribution is 2.32. The van der Waals surface area contributed by atoms with Crippen molar-refractivity contribution in [3.8, 4) is 0 Å². The van der Waals surface area contributed by atoms with Crippen LogP contribution in [0.25, 0.3) is 5.65 Å². The van der Waals surface area contributed by atoms with Crippen molar-refractivity contribution in [2.75, 3.05) is 25.0 Å². The number of fused-ring (bicyclic) bond motifs is 1. The van der Waals surface area contributed by atoms with Crippen molar-refractivity contribution >= 4 is 21.5 Å². The summed E-state index contributed by atoms with van der Waals surface area (Å²) in [5.74, 6) is 0.633. The fourth-order valence-electron chi connectivity index (χ4n) is 2.95. The van der Waals surface area contributed by atoms with E-state index in [1.54, 1.807) is 12.1 Å². The number of alkyl halides is 3. The molecule has 12 heteroatoms. The largest absolute Gasteiger partial charge is 0.416 e. The van der Waals surface area contributed by atoms with Crippen LogP contribution in [0.15, 0.2) is 47.6 Å². The van der Waals surface area contributed by atoms with Gasteiger partial charge < -0.3 is 4.90 Å². The molecule has 1 saturated heterocycles. The van der Waals surface area contributed by atoms with Crippen molar-refractivity contribution in [1.29, 1.82) is 0 Å². The van der Waals surface area contributed by atoms with E-state index in [1.165, 1.54) is 24.0 Å². The zero-order chi connectivity index (χ0) is 20.1. The van der Waals surface area contributed by atoms with E-state index in [1.807, 2.05) is 4.90 Å². The first-order valence-corrected chi connectivity index (χ1v) is 9.67. The van der Waals surface area contributed by atoms with Crippen LogP contribution in [-0.4, -0.2) is 58.7 Å². The summed E-state index contributed by atoms with van der Waals surface area (Å²) in [4.78, 5) is 1.48. The predicted molar refractivity (Wildman–Crippen MR) is 93.2 cm³/mol. The van der Waals surface area contributed by atoms with Crippen LogP contribution in [0.2, 0.25) is 0 Å². The van der Waals surface area contributed by atoms with Gasteiger partial charge in [0.15, 0.2) is 5.65 Å². The maximum absolute atomic E-state index is 12.9. The minimum Gasteiger partial charge on any atom is -0.352 e. The molecule has 1 aromatic carbocycles. The van der Waals surface area contributed by atoms with Gasteiger partial charge in [-0.05, 0) is 30.3 Å². The lowest BCUT2D eigenvalue weighted by atomic mass is 10.1. The molecule has 0 spiro atoms. The lowest BCUT2D eigenvalue weighted by Crippen LogP contribution is -2.60. The molecule has 0 N–H and O–H groups in total. The third kappa shape index (κ3) is 3.18. The average molecular weight is 412 g/mol. The Balaban J connectivity index is 1.50. The van der Waals surface area contributed by atoms with Crippen LogP contribution in [0.4, 0.5) is 19.0 Å². The molecule has 2 aromatic heterocycles. The molecule has 0 amide bonds. The zero-order valence-corrected chi connectivity index (χ0v) is 15.4. The number of benzene rings is 1. The van der Waals surface area contributed by atoms with E-state index in [2.05, 4.69) is 15.3 Å². The molecule has 0 aliphatic carbocycles. The van der Waals surface area contributed by atoms with Gasteiger partial charge in [0.1, 0.15) is 12.1 Å². The van der Waals surface area contributed by atoms with Gasteiger partial charge in [0.25, 0.3) is 0 Å². The molecule has 1 aliphatic heterocycles. The standard InChI is InChI=1S/C16H15F3N6O2S/c1-23(28(26,27)13-4-2-3-11(7-13)16(17,18)19)12-8-24(9-12)15-6-5-14-21-20-10-25(14)22-15/h2-7,10,12H,8-9H2,1H3. The maximum Gasteiger partial charge on any atom is 0.416 e. The summed E-state index contributed by atoms with van der Waals surface area (Å²) in [6, 6.07) is 6.88. The molecule has 1 fully saturated rings. The van der Waals surface area contributed by atoms with E-state index in [0.717, 1.165) is 16.4 Å². The van der Waals surface area contributed by atoms with Crippen LogP contribution in [0.1, 0.15) is 5.56 Å². The Labute approximate surface area is 158 Å². The topological polar surface area (TPSA) is 83.7 Å². The predicted octanol–water partition coefficient (Wildman–Crippen LogP) is 1.65. The summed E-state index contributed by atoms with van der Waals surface area (Å²) in [6.45, 7) is 0.741. The Hall–Kier alpha value is -2.73. The third-order valence-corrected chi connectivity index (χ3v) is 6.59. The number of halogens is 3. The van der Waals surface area contributed by atoms with Gasteiger partial charge in [0, 0.05) is 20.1 Å². The van der Waals surface area contributed by atoms with Crippen molar-refractivity contribution in [3.05, 3.63) is 48.3 Å². The second-order valence-corrected chi connectivity index (χ2v) is 8.43. The Morgan fingerprint density at radius 1 is 1.18 bits per heavy atom. The lowest BCUT2D eigenvalue weighted by molar-refractivity contribution is -0.137. The third-order valence-electron chi connectivity index (χ3n) is 4.69. The van der Waals surface area contributed by atoms with Crippen LogP contribution in [0.3, 0.4) is 0 Å². The first-order chi connectivity index (χ1) is 13.2. The smallest absolute Gasteiger partial charge is 0.352 e. The molecule has 28 heavy (non-hydrogen) atoms. The molecule has 0 bridgehead atoms. The van der Waals surface area contributed by atoms with Crippen molar-refractivity contribution in [2.45, 2.75) is 17.1 Å². The molecular weight excluding hydrogens is 397 g/mol. The quantitative estimate of drug-likeness (QED) is 0.648.